The minimum absolute atomic E-state index is 0.0811. The van der Waals surface area contributed by atoms with Gasteiger partial charge in [-0.1, -0.05) is 56.4 Å². The zero-order chi connectivity index (χ0) is 35.8. The lowest BCUT2D eigenvalue weighted by Crippen LogP contribution is -2.62. The van der Waals surface area contributed by atoms with E-state index in [2.05, 4.69) is 20.3 Å². The molecule has 4 fully saturated rings. The fourth-order valence-corrected chi connectivity index (χ4v) is 9.29. The average Bonchev–Trinajstić information content (AvgIpc) is 3.53. The molecule has 0 radical (unpaired) electrons. The van der Waals surface area contributed by atoms with E-state index in [0.29, 0.717) is 50.1 Å². The summed E-state index contributed by atoms with van der Waals surface area (Å²) in [6, 6.07) is 13.7. The lowest BCUT2D eigenvalue weighted by molar-refractivity contribution is -0.141. The summed E-state index contributed by atoms with van der Waals surface area (Å²) >= 11 is 0. The first-order valence-electron chi connectivity index (χ1n) is 18.2. The normalized spacial score (nSPS) is 28.2. The van der Waals surface area contributed by atoms with Crippen molar-refractivity contribution in [3.05, 3.63) is 66.6 Å². The number of hydrogen-bond donors (Lipinski definition) is 3. The number of aromatic nitrogens is 1. The highest BCUT2D eigenvalue weighted by Gasteiger charge is 2.55. The first-order valence-corrected chi connectivity index (χ1v) is 19.7. The van der Waals surface area contributed by atoms with Gasteiger partial charge in [-0.05, 0) is 87.1 Å². The molecule has 3 N–H and O–H groups in total. The monoisotopic (exact) mass is 719 g/mol. The van der Waals surface area contributed by atoms with E-state index in [0.717, 1.165) is 42.9 Å². The number of pyridine rings is 1. The third kappa shape index (κ3) is 7.40. The lowest BCUT2D eigenvalue weighted by Gasteiger charge is -2.34. The van der Waals surface area contributed by atoms with Gasteiger partial charge in [0.2, 0.25) is 27.7 Å². The number of carbonyl (C=O) groups excluding carboxylic acids is 3. The number of sulfonamides is 1. The molecule has 51 heavy (non-hydrogen) atoms. The topological polar surface area (TPSA) is 147 Å². The summed E-state index contributed by atoms with van der Waals surface area (Å²) in [6.45, 7) is 1.70. The molecule has 11 nitrogen and oxygen atoms in total. The first kappa shape index (κ1) is 35.2. The predicted molar refractivity (Wildman–Crippen MR) is 191 cm³/mol. The number of rotatable bonds is 7. The summed E-state index contributed by atoms with van der Waals surface area (Å²) in [5, 5.41) is 7.97. The van der Waals surface area contributed by atoms with Gasteiger partial charge in [0.1, 0.15) is 29.5 Å². The minimum Gasteiger partial charge on any atom is -0.472 e. The molecule has 2 aromatic carbocycles. The standard InChI is InChI=1S/C38H46FN5O6S/c1-37(18-19-37)51(48,49)43-36(47)38-17-15-25(23-38)9-4-2-3-5-14-31(41-28-12-8-11-27(39)21-28)35(46)44-24-29(22-32(44)33(45)42-38)50-34-30-13-7-6-10-26(30)16-20-40-34/h6-8,10-13,16,20-21,25,29,31-32,41H,2-5,9,14-15,17-19,22-24H2,1H3,(H,42,45)(H,43,47)/t25?,29-,31+,32+,38-/m1/s1. The van der Waals surface area contributed by atoms with Crippen molar-refractivity contribution < 1.29 is 31.9 Å². The molecule has 2 saturated carbocycles. The van der Waals surface area contributed by atoms with E-state index < -0.39 is 56.1 Å². The Labute approximate surface area is 298 Å². The number of hydrogen-bond acceptors (Lipinski definition) is 8. The molecule has 1 aromatic heterocycles. The highest BCUT2D eigenvalue weighted by molar-refractivity contribution is 7.91. The van der Waals surface area contributed by atoms with Crippen molar-refractivity contribution in [3.63, 3.8) is 0 Å². The van der Waals surface area contributed by atoms with Gasteiger partial charge in [0.25, 0.3) is 5.91 Å². The molecule has 2 aliphatic carbocycles. The van der Waals surface area contributed by atoms with Crippen LogP contribution in [0.5, 0.6) is 5.88 Å². The molecule has 0 spiro atoms. The van der Waals surface area contributed by atoms with Gasteiger partial charge < -0.3 is 20.3 Å². The second-order valence-corrected chi connectivity index (χ2v) is 17.3. The van der Waals surface area contributed by atoms with E-state index in [9.17, 15) is 27.2 Å². The number of amides is 3. The van der Waals surface area contributed by atoms with Crippen LogP contribution in [0.1, 0.15) is 84.0 Å². The van der Waals surface area contributed by atoms with Crippen molar-refractivity contribution in [3.8, 4) is 5.88 Å². The fourth-order valence-electron chi connectivity index (χ4n) is 7.97. The third-order valence-electron chi connectivity index (χ3n) is 11.3. The number of benzene rings is 2. The van der Waals surface area contributed by atoms with Gasteiger partial charge in [-0.2, -0.15) is 0 Å². The average molecular weight is 720 g/mol. The Bertz CT molecular complexity index is 1920. The Kier molecular flexibility index (Phi) is 9.68. The van der Waals surface area contributed by atoms with E-state index in [1.54, 1.807) is 25.3 Å². The van der Waals surface area contributed by atoms with Crippen molar-refractivity contribution in [1.29, 1.82) is 0 Å². The van der Waals surface area contributed by atoms with Gasteiger partial charge in [0.05, 0.1) is 11.3 Å². The lowest BCUT2D eigenvalue weighted by atomic mass is 9.92. The van der Waals surface area contributed by atoms with Crippen LogP contribution in [-0.2, 0) is 24.4 Å². The van der Waals surface area contributed by atoms with E-state index >= 15 is 0 Å². The van der Waals surface area contributed by atoms with Crippen LogP contribution < -0.4 is 20.1 Å². The Morgan fingerprint density at radius 2 is 1.78 bits per heavy atom. The zero-order valence-electron chi connectivity index (χ0n) is 28.9. The number of fused-ring (bicyclic) bond motifs is 4. The summed E-state index contributed by atoms with van der Waals surface area (Å²) in [6.07, 6.45) is 8.20. The molecule has 272 valence electrons. The molecule has 13 heteroatoms. The van der Waals surface area contributed by atoms with Gasteiger partial charge >= 0.3 is 0 Å². The van der Waals surface area contributed by atoms with Gasteiger partial charge in [-0.3, -0.25) is 19.1 Å². The zero-order valence-corrected chi connectivity index (χ0v) is 29.7. The molecule has 1 unspecified atom stereocenters. The van der Waals surface area contributed by atoms with Crippen LogP contribution in [-0.4, -0.2) is 71.0 Å². The van der Waals surface area contributed by atoms with E-state index in [1.165, 1.54) is 17.0 Å². The predicted octanol–water partition coefficient (Wildman–Crippen LogP) is 5.21. The molecule has 3 heterocycles. The summed E-state index contributed by atoms with van der Waals surface area (Å²) in [7, 11) is -3.95. The van der Waals surface area contributed by atoms with Crippen molar-refractivity contribution >= 4 is 44.2 Å². The van der Waals surface area contributed by atoms with Gasteiger partial charge in [-0.25, -0.2) is 17.8 Å². The number of carbonyl (C=O) groups is 3. The van der Waals surface area contributed by atoms with Crippen LogP contribution in [0.4, 0.5) is 10.1 Å². The van der Waals surface area contributed by atoms with Crippen LogP contribution in [0.3, 0.4) is 0 Å². The van der Waals surface area contributed by atoms with Crippen LogP contribution in [0.2, 0.25) is 0 Å². The SMILES string of the molecule is CC1(S(=O)(=O)NC(=O)[C@]23CCC(CCCCCC[C@H](Nc4cccc(F)c4)C(=O)N4C[C@H](Oc5nccc6ccccc56)C[C@H]4C(=O)N2)C3)CC1. The molecule has 5 atom stereocenters. The van der Waals surface area contributed by atoms with Crippen molar-refractivity contribution in [1.82, 2.24) is 19.9 Å². The summed E-state index contributed by atoms with van der Waals surface area (Å²) in [5.74, 6) is -1.50. The molecule has 2 saturated heterocycles. The molecule has 2 aliphatic heterocycles. The maximum absolute atomic E-state index is 14.5. The Hall–Kier alpha value is -4.26. The molecule has 2 bridgehead atoms. The first-order chi connectivity index (χ1) is 24.5. The minimum atomic E-state index is -3.95. The Morgan fingerprint density at radius 1 is 1.00 bits per heavy atom. The second-order valence-electron chi connectivity index (χ2n) is 15.1. The smallest absolute Gasteiger partial charge is 0.259 e. The summed E-state index contributed by atoms with van der Waals surface area (Å²) in [5.41, 5.74) is -0.984. The molecular weight excluding hydrogens is 674 g/mol. The van der Waals surface area contributed by atoms with Crippen molar-refractivity contribution in [2.24, 2.45) is 5.92 Å². The van der Waals surface area contributed by atoms with Crippen LogP contribution in [0, 0.1) is 11.7 Å². The van der Waals surface area contributed by atoms with Crippen LogP contribution in [0.25, 0.3) is 10.8 Å². The number of anilines is 1. The second kappa shape index (κ2) is 14.0. The summed E-state index contributed by atoms with van der Waals surface area (Å²) in [4.78, 5) is 49.0. The highest BCUT2D eigenvalue weighted by atomic mass is 32.2. The van der Waals surface area contributed by atoms with Gasteiger partial charge in [-0.15, -0.1) is 0 Å². The van der Waals surface area contributed by atoms with Gasteiger partial charge in [0.15, 0.2) is 0 Å². The Balaban J connectivity index is 1.21. The van der Waals surface area contributed by atoms with E-state index in [4.69, 9.17) is 4.74 Å². The van der Waals surface area contributed by atoms with Crippen LogP contribution >= 0.6 is 0 Å². The van der Waals surface area contributed by atoms with Gasteiger partial charge in [0, 0.05) is 23.7 Å². The molecular formula is C38H46FN5O6S. The number of halogens is 1. The number of nitrogens with zero attached hydrogens (tertiary/aromatic N) is 2. The van der Waals surface area contributed by atoms with E-state index in [1.807, 2.05) is 30.3 Å². The van der Waals surface area contributed by atoms with Crippen LogP contribution in [0.15, 0.2) is 60.8 Å². The Morgan fingerprint density at radius 3 is 2.57 bits per heavy atom. The molecule has 3 aromatic rings. The molecule has 3 amide bonds. The highest BCUT2D eigenvalue weighted by Crippen LogP contribution is 2.44. The molecule has 7 rings (SSSR count). The van der Waals surface area contributed by atoms with E-state index in [-0.39, 0.29) is 24.8 Å². The fraction of sp³-hybridized carbons (Fsp3) is 0.526. The molecule has 4 aliphatic rings. The largest absolute Gasteiger partial charge is 0.472 e. The maximum atomic E-state index is 14.5. The summed E-state index contributed by atoms with van der Waals surface area (Å²) < 4.78 is 48.4. The number of ether oxygens (including phenoxy) is 1. The quantitative estimate of drug-likeness (QED) is 0.302. The maximum Gasteiger partial charge on any atom is 0.259 e. The number of nitrogens with one attached hydrogen (secondary N) is 3. The third-order valence-corrected chi connectivity index (χ3v) is 13.5. The van der Waals surface area contributed by atoms with Crippen molar-refractivity contribution in [2.75, 3.05) is 11.9 Å². The van der Waals surface area contributed by atoms with Crippen molar-refractivity contribution in [2.45, 2.75) is 112 Å².